The van der Waals surface area contributed by atoms with Crippen molar-refractivity contribution in [1.82, 2.24) is 10.2 Å². The number of carbonyl (C=O) groups excluding carboxylic acids is 1. The second-order valence-corrected chi connectivity index (χ2v) is 5.89. The highest BCUT2D eigenvalue weighted by Gasteiger charge is 2.33. The molecule has 1 fully saturated rings. The highest BCUT2D eigenvalue weighted by Crippen LogP contribution is 2.14. The van der Waals surface area contributed by atoms with E-state index in [0.717, 1.165) is 5.57 Å². The number of ether oxygens (including phenoxy) is 1. The van der Waals surface area contributed by atoms with Gasteiger partial charge in [0.1, 0.15) is 5.60 Å². The molecule has 116 valence electrons. The Hall–Kier alpha value is -0.990. The summed E-state index contributed by atoms with van der Waals surface area (Å²) in [5.74, 6) is 0.386. The fourth-order valence-electron chi connectivity index (χ4n) is 1.52. The molecular weight excluding hydrogens is 371 g/mol. The molecule has 1 heterocycles. The Morgan fingerprint density at radius 2 is 2.05 bits per heavy atom. The number of nitrogens with two attached hydrogens (primary N) is 1. The molecule has 0 aromatic rings. The molecule has 6 nitrogen and oxygen atoms in total. The first kappa shape index (κ1) is 19.0. The SMILES string of the molecule is C=C(C)CN=C(N)NC1CN(C(=O)OC(C)(C)C)C1.I. The highest BCUT2D eigenvalue weighted by molar-refractivity contribution is 14.0. The lowest BCUT2D eigenvalue weighted by atomic mass is 10.1. The molecule has 1 saturated heterocycles. The third-order valence-corrected chi connectivity index (χ3v) is 2.40. The van der Waals surface area contributed by atoms with Gasteiger partial charge in [0, 0.05) is 13.1 Å². The summed E-state index contributed by atoms with van der Waals surface area (Å²) in [6, 6.07) is 0.140. The van der Waals surface area contributed by atoms with Crippen molar-refractivity contribution < 1.29 is 9.53 Å². The number of carbonyl (C=O) groups is 1. The summed E-state index contributed by atoms with van der Waals surface area (Å²) >= 11 is 0. The minimum absolute atomic E-state index is 0. The fraction of sp³-hybridized carbons (Fsp3) is 0.692. The molecule has 0 aromatic carbocycles. The third-order valence-electron chi connectivity index (χ3n) is 2.40. The number of nitrogens with zero attached hydrogens (tertiary/aromatic N) is 2. The lowest BCUT2D eigenvalue weighted by Gasteiger charge is -2.40. The first-order valence-corrected chi connectivity index (χ1v) is 6.36. The van der Waals surface area contributed by atoms with Crippen LogP contribution in [-0.4, -0.2) is 48.2 Å². The number of amides is 1. The standard InChI is InChI=1S/C13H24N4O2.HI/c1-9(2)6-15-11(14)16-10-7-17(8-10)12(18)19-13(3,4)5;/h10H,1,6-8H2,2-5H3,(H3,14,15,16);1H. The van der Waals surface area contributed by atoms with E-state index in [4.69, 9.17) is 10.5 Å². The smallest absolute Gasteiger partial charge is 0.410 e. The number of likely N-dealkylation sites (tertiary alicyclic amines) is 1. The molecule has 0 aliphatic carbocycles. The van der Waals surface area contributed by atoms with Gasteiger partial charge in [-0.15, -0.1) is 24.0 Å². The number of hydrogen-bond donors (Lipinski definition) is 2. The Labute approximate surface area is 137 Å². The van der Waals surface area contributed by atoms with Crippen LogP contribution in [0.2, 0.25) is 0 Å². The number of guanidine groups is 1. The molecule has 7 heteroatoms. The largest absolute Gasteiger partial charge is 0.444 e. The quantitative estimate of drug-likeness (QED) is 0.330. The summed E-state index contributed by atoms with van der Waals surface area (Å²) in [5.41, 5.74) is 6.21. The summed E-state index contributed by atoms with van der Waals surface area (Å²) in [6.45, 7) is 12.9. The van der Waals surface area contributed by atoms with Crippen molar-refractivity contribution in [2.75, 3.05) is 19.6 Å². The molecule has 0 saturated carbocycles. The van der Waals surface area contributed by atoms with Gasteiger partial charge in [-0.2, -0.15) is 0 Å². The van der Waals surface area contributed by atoms with Crippen molar-refractivity contribution in [3.63, 3.8) is 0 Å². The van der Waals surface area contributed by atoms with Gasteiger partial charge in [0.25, 0.3) is 0 Å². The molecule has 0 spiro atoms. The Morgan fingerprint density at radius 1 is 1.50 bits per heavy atom. The zero-order chi connectivity index (χ0) is 14.6. The summed E-state index contributed by atoms with van der Waals surface area (Å²) < 4.78 is 5.26. The van der Waals surface area contributed by atoms with Gasteiger partial charge in [-0.1, -0.05) is 12.2 Å². The maximum Gasteiger partial charge on any atom is 0.410 e. The molecule has 0 radical (unpaired) electrons. The molecule has 0 bridgehead atoms. The lowest BCUT2D eigenvalue weighted by Crippen LogP contribution is -2.62. The van der Waals surface area contributed by atoms with E-state index in [-0.39, 0.29) is 36.1 Å². The van der Waals surface area contributed by atoms with Crippen LogP contribution in [0.25, 0.3) is 0 Å². The van der Waals surface area contributed by atoms with Crippen LogP contribution in [0.4, 0.5) is 4.79 Å². The van der Waals surface area contributed by atoms with Gasteiger partial charge in [-0.3, -0.25) is 0 Å². The molecule has 20 heavy (non-hydrogen) atoms. The first-order chi connectivity index (χ1) is 8.67. The second-order valence-electron chi connectivity index (χ2n) is 5.89. The van der Waals surface area contributed by atoms with Crippen LogP contribution in [0.15, 0.2) is 17.1 Å². The van der Waals surface area contributed by atoms with Gasteiger partial charge in [0.05, 0.1) is 12.6 Å². The van der Waals surface area contributed by atoms with Crippen molar-refractivity contribution in [3.8, 4) is 0 Å². The molecule has 0 unspecified atom stereocenters. The summed E-state index contributed by atoms with van der Waals surface area (Å²) in [5, 5.41) is 3.06. The predicted octanol–water partition coefficient (Wildman–Crippen LogP) is 1.70. The summed E-state index contributed by atoms with van der Waals surface area (Å²) in [4.78, 5) is 17.4. The molecule has 1 amide bonds. The van der Waals surface area contributed by atoms with Gasteiger partial charge in [0.15, 0.2) is 5.96 Å². The molecule has 1 aliphatic heterocycles. The number of nitrogens with one attached hydrogen (secondary N) is 1. The number of halogens is 1. The zero-order valence-corrected chi connectivity index (χ0v) is 14.9. The molecule has 1 aliphatic rings. The first-order valence-electron chi connectivity index (χ1n) is 6.36. The maximum atomic E-state index is 11.7. The summed E-state index contributed by atoms with van der Waals surface area (Å²) in [6.07, 6.45) is -0.289. The minimum Gasteiger partial charge on any atom is -0.444 e. The topological polar surface area (TPSA) is 80.0 Å². The Bertz CT molecular complexity index is 384. The van der Waals surface area contributed by atoms with E-state index in [1.807, 2.05) is 27.7 Å². The van der Waals surface area contributed by atoms with Crippen molar-refractivity contribution >= 4 is 36.0 Å². The predicted molar refractivity (Wildman–Crippen MR) is 91.4 cm³/mol. The molecule has 3 N–H and O–H groups in total. The van der Waals surface area contributed by atoms with E-state index in [2.05, 4.69) is 16.9 Å². The zero-order valence-electron chi connectivity index (χ0n) is 12.6. The number of rotatable bonds is 3. The highest BCUT2D eigenvalue weighted by atomic mass is 127. The van der Waals surface area contributed by atoms with E-state index in [1.165, 1.54) is 0 Å². The van der Waals surface area contributed by atoms with E-state index < -0.39 is 5.60 Å². The molecule has 0 aromatic heterocycles. The maximum absolute atomic E-state index is 11.7. The van der Waals surface area contributed by atoms with Crippen molar-refractivity contribution in [2.24, 2.45) is 10.7 Å². The fourth-order valence-corrected chi connectivity index (χ4v) is 1.52. The average molecular weight is 396 g/mol. The van der Waals surface area contributed by atoms with Gasteiger partial charge < -0.3 is 20.7 Å². The number of hydrogen-bond acceptors (Lipinski definition) is 3. The van der Waals surface area contributed by atoms with Crippen LogP contribution in [0, 0.1) is 0 Å². The molecular formula is C13H25IN4O2. The Kier molecular flexibility index (Phi) is 7.32. The van der Waals surface area contributed by atoms with Gasteiger partial charge in [0.2, 0.25) is 0 Å². The lowest BCUT2D eigenvalue weighted by molar-refractivity contribution is 0.00706. The monoisotopic (exact) mass is 396 g/mol. The normalized spacial score (nSPS) is 16.0. The van der Waals surface area contributed by atoms with Crippen molar-refractivity contribution in [3.05, 3.63) is 12.2 Å². The Morgan fingerprint density at radius 3 is 2.50 bits per heavy atom. The van der Waals surface area contributed by atoms with Crippen LogP contribution in [-0.2, 0) is 4.74 Å². The van der Waals surface area contributed by atoms with E-state index in [0.29, 0.717) is 25.6 Å². The van der Waals surface area contributed by atoms with Crippen molar-refractivity contribution in [2.45, 2.75) is 39.3 Å². The van der Waals surface area contributed by atoms with Crippen LogP contribution in [0.3, 0.4) is 0 Å². The molecule has 0 atom stereocenters. The van der Waals surface area contributed by atoms with E-state index >= 15 is 0 Å². The molecule has 1 rings (SSSR count). The minimum atomic E-state index is -0.461. The second kappa shape index (κ2) is 7.70. The van der Waals surface area contributed by atoms with Crippen LogP contribution >= 0.6 is 24.0 Å². The van der Waals surface area contributed by atoms with Crippen LogP contribution in [0.5, 0.6) is 0 Å². The Balaban J connectivity index is 0.00000361. The third kappa shape index (κ3) is 6.97. The van der Waals surface area contributed by atoms with Gasteiger partial charge in [-0.25, -0.2) is 9.79 Å². The average Bonchev–Trinajstić information content (AvgIpc) is 2.16. The van der Waals surface area contributed by atoms with E-state index in [1.54, 1.807) is 4.90 Å². The van der Waals surface area contributed by atoms with Crippen LogP contribution < -0.4 is 11.1 Å². The van der Waals surface area contributed by atoms with E-state index in [9.17, 15) is 4.79 Å². The summed E-state index contributed by atoms with van der Waals surface area (Å²) in [7, 11) is 0. The number of aliphatic imine (C=N–C) groups is 1. The van der Waals surface area contributed by atoms with Crippen molar-refractivity contribution in [1.29, 1.82) is 0 Å². The van der Waals surface area contributed by atoms with Crippen LogP contribution in [0.1, 0.15) is 27.7 Å². The van der Waals surface area contributed by atoms with Gasteiger partial charge in [-0.05, 0) is 27.7 Å². The van der Waals surface area contributed by atoms with Gasteiger partial charge >= 0.3 is 6.09 Å².